The molecule has 1 N–H and O–H groups in total. The molecule has 0 radical (unpaired) electrons. The predicted octanol–water partition coefficient (Wildman–Crippen LogP) is 1.53. The number of amides is 1. The number of hydrogen-bond donors (Lipinski definition) is 1. The molecule has 1 amide bonds. The molecule has 5 nitrogen and oxygen atoms in total. The maximum atomic E-state index is 12.6. The molecular formula is C15H22N2O3. The van der Waals surface area contributed by atoms with Crippen LogP contribution in [0.3, 0.4) is 0 Å². The summed E-state index contributed by atoms with van der Waals surface area (Å²) in [5.41, 5.74) is 0.609. The Hall–Kier alpha value is -1.75. The molecule has 0 bridgehead atoms. The number of ether oxygens (including phenoxy) is 2. The summed E-state index contributed by atoms with van der Waals surface area (Å²) in [6.45, 7) is 1.55. The summed E-state index contributed by atoms with van der Waals surface area (Å²) in [5.74, 6) is 1.30. The summed E-state index contributed by atoms with van der Waals surface area (Å²) in [5, 5.41) is 3.24. The molecule has 1 atom stereocenters. The van der Waals surface area contributed by atoms with Crippen molar-refractivity contribution in [3.05, 3.63) is 23.8 Å². The summed E-state index contributed by atoms with van der Waals surface area (Å²) >= 11 is 0. The minimum atomic E-state index is 0.0298. The van der Waals surface area contributed by atoms with Crippen LogP contribution in [0.15, 0.2) is 18.2 Å². The number of nitrogens with zero attached hydrogens (tertiary/aromatic N) is 1. The van der Waals surface area contributed by atoms with E-state index >= 15 is 0 Å². The number of benzene rings is 1. The standard InChI is InChI=1S/C15H22N2O3/c1-16-12-5-4-6-17(10-12)15(18)11-7-13(19-2)9-14(8-11)20-3/h7-9,12,16H,4-6,10H2,1-3H3. The summed E-state index contributed by atoms with van der Waals surface area (Å²) in [4.78, 5) is 14.5. The van der Waals surface area contributed by atoms with Crippen LogP contribution in [0.1, 0.15) is 23.2 Å². The van der Waals surface area contributed by atoms with Crippen molar-refractivity contribution < 1.29 is 14.3 Å². The fourth-order valence-electron chi connectivity index (χ4n) is 2.51. The number of likely N-dealkylation sites (tertiary alicyclic amines) is 1. The van der Waals surface area contributed by atoms with E-state index in [0.717, 1.165) is 25.9 Å². The molecule has 20 heavy (non-hydrogen) atoms. The fraction of sp³-hybridized carbons (Fsp3) is 0.533. The van der Waals surface area contributed by atoms with Crippen LogP contribution >= 0.6 is 0 Å². The number of piperidine rings is 1. The average Bonchev–Trinajstić information content (AvgIpc) is 2.53. The number of carbonyl (C=O) groups is 1. The van der Waals surface area contributed by atoms with Gasteiger partial charge in [-0.2, -0.15) is 0 Å². The van der Waals surface area contributed by atoms with Crippen LogP contribution in [0, 0.1) is 0 Å². The van der Waals surface area contributed by atoms with Crippen molar-refractivity contribution in [2.75, 3.05) is 34.4 Å². The summed E-state index contributed by atoms with van der Waals surface area (Å²) in [6.07, 6.45) is 2.14. The Balaban J connectivity index is 2.19. The first kappa shape index (κ1) is 14.7. The number of carbonyl (C=O) groups excluding carboxylic acids is 1. The Morgan fingerprint density at radius 2 is 1.90 bits per heavy atom. The van der Waals surface area contributed by atoms with E-state index in [1.54, 1.807) is 32.4 Å². The molecule has 1 aromatic carbocycles. The number of nitrogens with one attached hydrogen (secondary N) is 1. The highest BCUT2D eigenvalue weighted by molar-refractivity contribution is 5.95. The van der Waals surface area contributed by atoms with Gasteiger partial charge in [0.25, 0.3) is 5.91 Å². The molecule has 1 fully saturated rings. The lowest BCUT2D eigenvalue weighted by Crippen LogP contribution is -2.46. The Morgan fingerprint density at radius 1 is 1.25 bits per heavy atom. The first-order valence-electron chi connectivity index (χ1n) is 6.87. The Kier molecular flexibility index (Phi) is 4.84. The first-order valence-corrected chi connectivity index (χ1v) is 6.87. The second kappa shape index (κ2) is 6.61. The van der Waals surface area contributed by atoms with Crippen LogP contribution in [0.2, 0.25) is 0 Å². The quantitative estimate of drug-likeness (QED) is 0.907. The van der Waals surface area contributed by atoms with Gasteiger partial charge in [-0.25, -0.2) is 0 Å². The molecule has 0 spiro atoms. The largest absolute Gasteiger partial charge is 0.497 e. The van der Waals surface area contributed by atoms with Crippen LogP contribution in [-0.4, -0.2) is 51.2 Å². The number of methoxy groups -OCH3 is 2. The second-order valence-electron chi connectivity index (χ2n) is 4.98. The van der Waals surface area contributed by atoms with E-state index in [4.69, 9.17) is 9.47 Å². The monoisotopic (exact) mass is 278 g/mol. The zero-order chi connectivity index (χ0) is 14.5. The van der Waals surface area contributed by atoms with Gasteiger partial charge in [-0.3, -0.25) is 4.79 Å². The van der Waals surface area contributed by atoms with Gasteiger partial charge in [0, 0.05) is 30.8 Å². The van der Waals surface area contributed by atoms with Crippen molar-refractivity contribution in [1.29, 1.82) is 0 Å². The van der Waals surface area contributed by atoms with E-state index in [9.17, 15) is 4.79 Å². The number of rotatable bonds is 4. The molecule has 5 heteroatoms. The van der Waals surface area contributed by atoms with Crippen molar-refractivity contribution in [3.63, 3.8) is 0 Å². The summed E-state index contributed by atoms with van der Waals surface area (Å²) in [7, 11) is 5.11. The molecule has 1 aliphatic rings. The third-order valence-corrected chi connectivity index (χ3v) is 3.72. The van der Waals surface area contributed by atoms with Crippen LogP contribution < -0.4 is 14.8 Å². The minimum Gasteiger partial charge on any atom is -0.497 e. The Bertz CT molecular complexity index is 454. The summed E-state index contributed by atoms with van der Waals surface area (Å²) in [6, 6.07) is 5.66. The van der Waals surface area contributed by atoms with E-state index in [2.05, 4.69) is 5.32 Å². The van der Waals surface area contributed by atoms with Crippen molar-refractivity contribution in [2.45, 2.75) is 18.9 Å². The molecule has 0 saturated carbocycles. The molecule has 1 unspecified atom stereocenters. The van der Waals surface area contributed by atoms with Crippen LogP contribution in [-0.2, 0) is 0 Å². The normalized spacial score (nSPS) is 18.8. The topological polar surface area (TPSA) is 50.8 Å². The third-order valence-electron chi connectivity index (χ3n) is 3.72. The van der Waals surface area contributed by atoms with Gasteiger partial charge in [0.1, 0.15) is 11.5 Å². The maximum absolute atomic E-state index is 12.6. The van der Waals surface area contributed by atoms with Gasteiger partial charge in [0.15, 0.2) is 0 Å². The van der Waals surface area contributed by atoms with E-state index in [-0.39, 0.29) is 5.91 Å². The molecule has 0 aromatic heterocycles. The van der Waals surface area contributed by atoms with Crippen LogP contribution in [0.4, 0.5) is 0 Å². The highest BCUT2D eigenvalue weighted by Gasteiger charge is 2.24. The minimum absolute atomic E-state index is 0.0298. The molecule has 1 saturated heterocycles. The van der Waals surface area contributed by atoms with Gasteiger partial charge in [-0.05, 0) is 32.0 Å². The Labute approximate surface area is 119 Å². The SMILES string of the molecule is CNC1CCCN(C(=O)c2cc(OC)cc(OC)c2)C1. The van der Waals surface area contributed by atoms with Gasteiger partial charge in [-0.15, -0.1) is 0 Å². The molecule has 2 rings (SSSR count). The first-order chi connectivity index (χ1) is 9.67. The number of likely N-dealkylation sites (N-methyl/N-ethyl adjacent to an activating group) is 1. The van der Waals surface area contributed by atoms with E-state index in [1.807, 2.05) is 11.9 Å². The van der Waals surface area contributed by atoms with Crippen LogP contribution in [0.5, 0.6) is 11.5 Å². The molecule has 0 aliphatic carbocycles. The lowest BCUT2D eigenvalue weighted by Gasteiger charge is -2.32. The van der Waals surface area contributed by atoms with E-state index in [1.165, 1.54) is 0 Å². The van der Waals surface area contributed by atoms with E-state index < -0.39 is 0 Å². The molecule has 110 valence electrons. The molecule has 1 aromatic rings. The summed E-state index contributed by atoms with van der Waals surface area (Å²) < 4.78 is 10.4. The van der Waals surface area contributed by atoms with Gasteiger partial charge in [0.2, 0.25) is 0 Å². The van der Waals surface area contributed by atoms with Gasteiger partial charge < -0.3 is 19.7 Å². The maximum Gasteiger partial charge on any atom is 0.254 e. The number of hydrogen-bond acceptors (Lipinski definition) is 4. The zero-order valence-corrected chi connectivity index (χ0v) is 12.3. The average molecular weight is 278 g/mol. The Morgan fingerprint density at radius 3 is 2.45 bits per heavy atom. The van der Waals surface area contributed by atoms with E-state index in [0.29, 0.717) is 23.1 Å². The second-order valence-corrected chi connectivity index (χ2v) is 4.98. The highest BCUT2D eigenvalue weighted by Crippen LogP contribution is 2.24. The van der Waals surface area contributed by atoms with Gasteiger partial charge >= 0.3 is 0 Å². The predicted molar refractivity (Wildman–Crippen MR) is 77.5 cm³/mol. The van der Waals surface area contributed by atoms with Crippen LogP contribution in [0.25, 0.3) is 0 Å². The van der Waals surface area contributed by atoms with Crippen molar-refractivity contribution >= 4 is 5.91 Å². The zero-order valence-electron chi connectivity index (χ0n) is 12.3. The van der Waals surface area contributed by atoms with Crippen molar-refractivity contribution in [1.82, 2.24) is 10.2 Å². The van der Waals surface area contributed by atoms with Crippen molar-refractivity contribution in [3.8, 4) is 11.5 Å². The van der Waals surface area contributed by atoms with Gasteiger partial charge in [0.05, 0.1) is 14.2 Å². The fourth-order valence-corrected chi connectivity index (χ4v) is 2.51. The smallest absolute Gasteiger partial charge is 0.254 e. The van der Waals surface area contributed by atoms with Gasteiger partial charge in [-0.1, -0.05) is 0 Å². The third kappa shape index (κ3) is 3.22. The lowest BCUT2D eigenvalue weighted by molar-refractivity contribution is 0.0697. The van der Waals surface area contributed by atoms with Crippen molar-refractivity contribution in [2.24, 2.45) is 0 Å². The molecule has 1 aliphatic heterocycles. The lowest BCUT2D eigenvalue weighted by atomic mass is 10.0. The highest BCUT2D eigenvalue weighted by atomic mass is 16.5. The molecule has 1 heterocycles. The molecular weight excluding hydrogens is 256 g/mol.